The summed E-state index contributed by atoms with van der Waals surface area (Å²) in [4.78, 5) is 0. The van der Waals surface area contributed by atoms with Crippen molar-refractivity contribution >= 4 is 5.71 Å². The van der Waals surface area contributed by atoms with Gasteiger partial charge in [0.1, 0.15) is 6.17 Å². The second kappa shape index (κ2) is 6.23. The molecule has 19 heavy (non-hydrogen) atoms. The number of hydrazone groups is 1. The number of hydrogen-bond donors (Lipinski definition) is 3. The molecule has 3 N–H and O–H groups in total. The average Bonchev–Trinajstić information content (AvgIpc) is 2.47. The highest BCUT2D eigenvalue weighted by Crippen LogP contribution is 2.32. The van der Waals surface area contributed by atoms with Crippen LogP contribution in [0.25, 0.3) is 0 Å². The van der Waals surface area contributed by atoms with Crippen molar-refractivity contribution in [2.75, 3.05) is 6.54 Å². The molecule has 0 spiro atoms. The number of rotatable bonds is 2. The first-order chi connectivity index (χ1) is 9.33. The van der Waals surface area contributed by atoms with Crippen LogP contribution in [0.4, 0.5) is 0 Å². The van der Waals surface area contributed by atoms with E-state index in [1.807, 2.05) is 0 Å². The van der Waals surface area contributed by atoms with Gasteiger partial charge in [0.15, 0.2) is 0 Å². The summed E-state index contributed by atoms with van der Waals surface area (Å²) < 4.78 is 0. The van der Waals surface area contributed by atoms with Gasteiger partial charge in [0.2, 0.25) is 0 Å². The maximum atomic E-state index is 4.70. The van der Waals surface area contributed by atoms with Crippen LogP contribution in [0.3, 0.4) is 0 Å². The molecule has 1 heterocycles. The Bertz CT molecular complexity index is 316. The quantitative estimate of drug-likeness (QED) is 0.671. The van der Waals surface area contributed by atoms with Crippen LogP contribution < -0.4 is 16.3 Å². The van der Waals surface area contributed by atoms with Gasteiger partial charge in [-0.25, -0.2) is 5.43 Å². The van der Waals surface area contributed by atoms with Crippen LogP contribution in [0.1, 0.15) is 58.3 Å². The maximum Gasteiger partial charge on any atom is 0.109 e. The first-order valence-corrected chi connectivity index (χ1v) is 8.12. The largest absolute Gasteiger partial charge is 0.291 e. The molecule has 0 aromatic carbocycles. The fraction of sp³-hybridized carbons (Fsp3) is 0.933. The summed E-state index contributed by atoms with van der Waals surface area (Å²) in [6, 6.07) is 0. The molecular weight excluding hydrogens is 236 g/mol. The van der Waals surface area contributed by atoms with Gasteiger partial charge in [0.05, 0.1) is 0 Å². The number of nitrogens with one attached hydrogen (secondary N) is 3. The summed E-state index contributed by atoms with van der Waals surface area (Å²) in [5.41, 5.74) is 11.5. The Kier molecular flexibility index (Phi) is 4.38. The van der Waals surface area contributed by atoms with Gasteiger partial charge < -0.3 is 0 Å². The molecule has 2 saturated carbocycles. The van der Waals surface area contributed by atoms with Crippen molar-refractivity contribution in [2.45, 2.75) is 64.5 Å². The zero-order chi connectivity index (χ0) is 13.1. The van der Waals surface area contributed by atoms with E-state index in [-0.39, 0.29) is 0 Å². The van der Waals surface area contributed by atoms with Crippen molar-refractivity contribution < 1.29 is 0 Å². The summed E-state index contributed by atoms with van der Waals surface area (Å²) in [7, 11) is 0. The van der Waals surface area contributed by atoms with Crippen LogP contribution in [-0.2, 0) is 0 Å². The highest BCUT2D eigenvalue weighted by atomic mass is 15.5. The number of hydrogen-bond acceptors (Lipinski definition) is 4. The number of fused-ring (bicyclic) bond motifs is 1. The van der Waals surface area contributed by atoms with E-state index >= 15 is 0 Å². The fourth-order valence-corrected chi connectivity index (χ4v) is 3.83. The summed E-state index contributed by atoms with van der Waals surface area (Å²) in [5.74, 6) is 2.47. The van der Waals surface area contributed by atoms with E-state index in [4.69, 9.17) is 5.10 Å². The third kappa shape index (κ3) is 3.29. The molecule has 4 heteroatoms. The standard InChI is InChI=1S/C15H28N4/c1-11-6-8-13(9-7-11)17-19-15-14-5-3-2-4-12(14)10-16-18-15/h11-12,14-16,18-19H,2-10H2,1H3. The highest BCUT2D eigenvalue weighted by Gasteiger charge is 2.34. The van der Waals surface area contributed by atoms with Crippen LogP contribution in [0.15, 0.2) is 5.10 Å². The van der Waals surface area contributed by atoms with Gasteiger partial charge in [-0.2, -0.15) is 5.10 Å². The second-order valence-electron chi connectivity index (χ2n) is 6.70. The van der Waals surface area contributed by atoms with E-state index in [0.29, 0.717) is 6.17 Å². The molecule has 0 radical (unpaired) electrons. The third-order valence-electron chi connectivity index (χ3n) is 5.23. The Hall–Kier alpha value is -0.610. The van der Waals surface area contributed by atoms with Crippen LogP contribution >= 0.6 is 0 Å². The molecule has 3 rings (SSSR count). The molecule has 3 fully saturated rings. The highest BCUT2D eigenvalue weighted by molar-refractivity contribution is 5.84. The number of hydrazine groups is 1. The molecule has 108 valence electrons. The monoisotopic (exact) mass is 264 g/mol. The summed E-state index contributed by atoms with van der Waals surface area (Å²) in [6.45, 7) is 3.47. The fourth-order valence-electron chi connectivity index (χ4n) is 3.83. The Morgan fingerprint density at radius 1 is 1.11 bits per heavy atom. The van der Waals surface area contributed by atoms with Gasteiger partial charge in [0.25, 0.3) is 0 Å². The summed E-state index contributed by atoms with van der Waals surface area (Å²) in [5, 5.41) is 4.70. The molecule has 4 nitrogen and oxygen atoms in total. The Labute approximate surface area is 116 Å². The van der Waals surface area contributed by atoms with E-state index in [1.165, 1.54) is 57.1 Å². The zero-order valence-electron chi connectivity index (χ0n) is 12.1. The Morgan fingerprint density at radius 3 is 2.74 bits per heavy atom. The van der Waals surface area contributed by atoms with E-state index in [0.717, 1.165) is 24.3 Å². The van der Waals surface area contributed by atoms with Crippen molar-refractivity contribution in [3.63, 3.8) is 0 Å². The first kappa shape index (κ1) is 13.4. The summed E-state index contributed by atoms with van der Waals surface area (Å²) >= 11 is 0. The van der Waals surface area contributed by atoms with Crippen molar-refractivity contribution in [1.82, 2.24) is 16.3 Å². The van der Waals surface area contributed by atoms with E-state index in [1.54, 1.807) is 0 Å². The average molecular weight is 264 g/mol. The lowest BCUT2D eigenvalue weighted by Gasteiger charge is -2.41. The van der Waals surface area contributed by atoms with Crippen LogP contribution in [0.2, 0.25) is 0 Å². The van der Waals surface area contributed by atoms with E-state index in [2.05, 4.69) is 23.2 Å². The molecule has 3 atom stereocenters. The van der Waals surface area contributed by atoms with E-state index < -0.39 is 0 Å². The molecule has 1 saturated heterocycles. The van der Waals surface area contributed by atoms with Gasteiger partial charge in [-0.3, -0.25) is 10.9 Å². The lowest BCUT2D eigenvalue weighted by molar-refractivity contribution is 0.0994. The summed E-state index contributed by atoms with van der Waals surface area (Å²) in [6.07, 6.45) is 10.8. The molecule has 3 unspecified atom stereocenters. The van der Waals surface area contributed by atoms with Gasteiger partial charge >= 0.3 is 0 Å². The maximum absolute atomic E-state index is 4.70. The van der Waals surface area contributed by atoms with Gasteiger partial charge in [-0.1, -0.05) is 19.8 Å². The third-order valence-corrected chi connectivity index (χ3v) is 5.23. The smallest absolute Gasteiger partial charge is 0.109 e. The van der Waals surface area contributed by atoms with E-state index in [9.17, 15) is 0 Å². The Balaban J connectivity index is 1.55. The SMILES string of the molecule is CC1CCC(=NNC2NNCC3CCCCC32)CC1. The zero-order valence-corrected chi connectivity index (χ0v) is 12.1. The predicted octanol–water partition coefficient (Wildman–Crippen LogP) is 2.38. The van der Waals surface area contributed by atoms with Crippen molar-refractivity contribution in [3.8, 4) is 0 Å². The van der Waals surface area contributed by atoms with Gasteiger partial charge in [-0.05, 0) is 56.3 Å². The molecule has 3 aliphatic rings. The lowest BCUT2D eigenvalue weighted by atomic mass is 9.77. The lowest BCUT2D eigenvalue weighted by Crippen LogP contribution is -2.61. The first-order valence-electron chi connectivity index (χ1n) is 8.12. The van der Waals surface area contributed by atoms with Crippen molar-refractivity contribution in [3.05, 3.63) is 0 Å². The van der Waals surface area contributed by atoms with Crippen molar-refractivity contribution in [1.29, 1.82) is 0 Å². The number of nitrogens with zero attached hydrogens (tertiary/aromatic N) is 1. The minimum Gasteiger partial charge on any atom is -0.291 e. The predicted molar refractivity (Wildman–Crippen MR) is 78.6 cm³/mol. The van der Waals surface area contributed by atoms with Crippen LogP contribution in [0.5, 0.6) is 0 Å². The molecule has 0 aromatic rings. The molecule has 1 aliphatic heterocycles. The molecule has 2 aliphatic carbocycles. The molecular formula is C15H28N4. The van der Waals surface area contributed by atoms with Crippen LogP contribution in [0, 0.1) is 17.8 Å². The normalized spacial score (nSPS) is 39.5. The molecule has 0 amide bonds. The second-order valence-corrected chi connectivity index (χ2v) is 6.70. The van der Waals surface area contributed by atoms with Crippen LogP contribution in [-0.4, -0.2) is 18.4 Å². The topological polar surface area (TPSA) is 48.5 Å². The van der Waals surface area contributed by atoms with Gasteiger partial charge in [-0.15, -0.1) is 0 Å². The van der Waals surface area contributed by atoms with Crippen molar-refractivity contribution in [2.24, 2.45) is 22.9 Å². The van der Waals surface area contributed by atoms with Gasteiger partial charge in [0, 0.05) is 12.3 Å². The minimum atomic E-state index is 0.325. The molecule has 0 aromatic heterocycles. The minimum absolute atomic E-state index is 0.325. The molecule has 0 bridgehead atoms. The Morgan fingerprint density at radius 2 is 1.89 bits per heavy atom.